The van der Waals surface area contributed by atoms with Crippen LogP contribution in [0.4, 0.5) is 11.4 Å². The zero-order valence-corrected chi connectivity index (χ0v) is 15.2. The van der Waals surface area contributed by atoms with Crippen molar-refractivity contribution in [3.8, 4) is 11.8 Å². The number of phenols is 1. The summed E-state index contributed by atoms with van der Waals surface area (Å²) in [6.07, 6.45) is 1.60. The molecule has 0 aliphatic carbocycles. The van der Waals surface area contributed by atoms with Gasteiger partial charge in [-0.05, 0) is 36.8 Å². The molecule has 1 heterocycles. The molecular formula is C21H22N4O2. The number of para-hydroxylation sites is 2. The Morgan fingerprint density at radius 3 is 2.56 bits per heavy atom. The van der Waals surface area contributed by atoms with Crippen LogP contribution in [0.15, 0.2) is 60.3 Å². The van der Waals surface area contributed by atoms with Crippen molar-refractivity contribution in [1.82, 2.24) is 4.90 Å². The van der Waals surface area contributed by atoms with Crippen molar-refractivity contribution in [2.75, 3.05) is 36.4 Å². The van der Waals surface area contributed by atoms with E-state index in [-0.39, 0.29) is 17.0 Å². The number of aryl methyl sites for hydroxylation is 1. The van der Waals surface area contributed by atoms with Crippen molar-refractivity contribution < 1.29 is 9.90 Å². The van der Waals surface area contributed by atoms with E-state index in [1.165, 1.54) is 17.3 Å². The number of phenolic OH excluding ortho intramolecular Hbond substituents is 1. The van der Waals surface area contributed by atoms with Crippen molar-refractivity contribution in [3.05, 3.63) is 65.9 Å². The van der Waals surface area contributed by atoms with Crippen molar-refractivity contribution in [1.29, 1.82) is 5.26 Å². The first kappa shape index (κ1) is 18.3. The number of nitrogens with one attached hydrogen (secondary N) is 1. The molecule has 0 aromatic heterocycles. The minimum absolute atomic E-state index is 0.0160. The lowest BCUT2D eigenvalue weighted by molar-refractivity contribution is -0.112. The monoisotopic (exact) mass is 362 g/mol. The molecule has 3 rings (SSSR count). The van der Waals surface area contributed by atoms with Crippen LogP contribution in [0, 0.1) is 18.3 Å². The van der Waals surface area contributed by atoms with E-state index >= 15 is 0 Å². The zero-order chi connectivity index (χ0) is 19.2. The number of aromatic hydroxyl groups is 1. The van der Waals surface area contributed by atoms with Crippen LogP contribution in [0.25, 0.3) is 0 Å². The van der Waals surface area contributed by atoms with Crippen LogP contribution in [0.3, 0.4) is 0 Å². The van der Waals surface area contributed by atoms with Gasteiger partial charge in [0.05, 0.1) is 5.69 Å². The molecule has 6 heteroatoms. The molecule has 0 unspecified atom stereocenters. The highest BCUT2D eigenvalue weighted by molar-refractivity contribution is 6.07. The van der Waals surface area contributed by atoms with E-state index < -0.39 is 5.91 Å². The zero-order valence-electron chi connectivity index (χ0n) is 15.2. The molecule has 2 N–H and O–H groups in total. The second-order valence-corrected chi connectivity index (χ2v) is 6.49. The topological polar surface area (TPSA) is 79.6 Å². The number of nitrogens with zero attached hydrogens (tertiary/aromatic N) is 3. The molecule has 0 radical (unpaired) electrons. The number of hydrogen-bond acceptors (Lipinski definition) is 5. The number of benzene rings is 2. The molecule has 0 bridgehead atoms. The van der Waals surface area contributed by atoms with Gasteiger partial charge in [0.1, 0.15) is 17.4 Å². The fourth-order valence-corrected chi connectivity index (χ4v) is 3.02. The third-order valence-electron chi connectivity index (χ3n) is 4.51. The lowest BCUT2D eigenvalue weighted by atomic mass is 10.2. The highest BCUT2D eigenvalue weighted by atomic mass is 16.3. The Morgan fingerprint density at radius 2 is 1.89 bits per heavy atom. The van der Waals surface area contributed by atoms with Crippen LogP contribution in [0.1, 0.15) is 5.56 Å². The Labute approximate surface area is 158 Å². The summed E-state index contributed by atoms with van der Waals surface area (Å²) in [4.78, 5) is 16.6. The second kappa shape index (κ2) is 8.28. The summed E-state index contributed by atoms with van der Waals surface area (Å²) in [6, 6.07) is 16.8. The predicted molar refractivity (Wildman–Crippen MR) is 105 cm³/mol. The minimum atomic E-state index is -0.528. The maximum atomic E-state index is 12.3. The van der Waals surface area contributed by atoms with Crippen LogP contribution in [0.2, 0.25) is 0 Å². The van der Waals surface area contributed by atoms with Crippen LogP contribution in [-0.2, 0) is 4.79 Å². The van der Waals surface area contributed by atoms with Crippen LogP contribution >= 0.6 is 0 Å². The molecule has 1 aliphatic heterocycles. The standard InChI is InChI=1S/C21H22N4O2/c1-16-5-4-6-18(13-16)25-11-9-24(10-12-25)15-17(14-22)21(27)23-19-7-2-3-8-20(19)26/h2-8,13,15,26H,9-12H2,1H3,(H,23,27)/b17-15-. The molecule has 0 spiro atoms. The number of amides is 1. The first-order valence-electron chi connectivity index (χ1n) is 8.84. The third-order valence-corrected chi connectivity index (χ3v) is 4.51. The molecule has 27 heavy (non-hydrogen) atoms. The van der Waals surface area contributed by atoms with E-state index in [1.807, 2.05) is 17.0 Å². The summed E-state index contributed by atoms with van der Waals surface area (Å²) in [5.74, 6) is -0.560. The van der Waals surface area contributed by atoms with E-state index in [0.29, 0.717) is 0 Å². The largest absolute Gasteiger partial charge is 0.506 e. The Hall–Kier alpha value is -3.46. The van der Waals surface area contributed by atoms with Gasteiger partial charge >= 0.3 is 0 Å². The van der Waals surface area contributed by atoms with Gasteiger partial charge in [0.25, 0.3) is 5.91 Å². The van der Waals surface area contributed by atoms with E-state index in [4.69, 9.17) is 0 Å². The molecule has 2 aromatic carbocycles. The molecule has 2 aromatic rings. The van der Waals surface area contributed by atoms with Crippen LogP contribution < -0.4 is 10.2 Å². The maximum Gasteiger partial charge on any atom is 0.267 e. The van der Waals surface area contributed by atoms with Crippen LogP contribution in [-0.4, -0.2) is 42.1 Å². The fraction of sp³-hybridized carbons (Fsp3) is 0.238. The van der Waals surface area contributed by atoms with Crippen molar-refractivity contribution >= 4 is 17.3 Å². The average Bonchev–Trinajstić information content (AvgIpc) is 2.68. The SMILES string of the molecule is Cc1cccc(N2CCN(/C=C(/C#N)C(=O)Nc3ccccc3O)CC2)c1. The number of hydrogen-bond donors (Lipinski definition) is 2. The summed E-state index contributed by atoms with van der Waals surface area (Å²) in [7, 11) is 0. The lowest BCUT2D eigenvalue weighted by Gasteiger charge is -2.35. The van der Waals surface area contributed by atoms with Gasteiger partial charge in [-0.25, -0.2) is 0 Å². The summed E-state index contributed by atoms with van der Waals surface area (Å²) in [5.41, 5.74) is 2.72. The Balaban J connectivity index is 1.63. The molecule has 1 amide bonds. The maximum absolute atomic E-state index is 12.3. The quantitative estimate of drug-likeness (QED) is 0.497. The summed E-state index contributed by atoms with van der Waals surface area (Å²) in [5, 5.41) is 21.7. The van der Waals surface area contributed by atoms with Crippen molar-refractivity contribution in [2.45, 2.75) is 6.92 Å². The Bertz CT molecular complexity index is 893. The smallest absolute Gasteiger partial charge is 0.267 e. The van der Waals surface area contributed by atoms with E-state index in [1.54, 1.807) is 24.4 Å². The molecule has 1 saturated heterocycles. The van der Waals surface area contributed by atoms with Gasteiger partial charge in [-0.3, -0.25) is 4.79 Å². The van der Waals surface area contributed by atoms with Gasteiger partial charge in [0.2, 0.25) is 0 Å². The second-order valence-electron chi connectivity index (χ2n) is 6.49. The summed E-state index contributed by atoms with van der Waals surface area (Å²) < 4.78 is 0. The normalized spacial score (nSPS) is 14.6. The Morgan fingerprint density at radius 1 is 1.15 bits per heavy atom. The molecule has 0 saturated carbocycles. The highest BCUT2D eigenvalue weighted by Crippen LogP contribution is 2.22. The average molecular weight is 362 g/mol. The number of anilines is 2. The molecule has 1 aliphatic rings. The van der Waals surface area contributed by atoms with E-state index in [2.05, 4.69) is 35.3 Å². The van der Waals surface area contributed by atoms with Gasteiger partial charge in [-0.2, -0.15) is 5.26 Å². The first-order chi connectivity index (χ1) is 13.1. The molecule has 1 fully saturated rings. The van der Waals surface area contributed by atoms with E-state index in [9.17, 15) is 15.2 Å². The fourth-order valence-electron chi connectivity index (χ4n) is 3.02. The number of nitriles is 1. The van der Waals surface area contributed by atoms with Crippen molar-refractivity contribution in [3.63, 3.8) is 0 Å². The minimum Gasteiger partial charge on any atom is -0.506 e. The van der Waals surface area contributed by atoms with Gasteiger partial charge in [-0.15, -0.1) is 0 Å². The number of piperazine rings is 1. The molecule has 138 valence electrons. The molecular weight excluding hydrogens is 340 g/mol. The van der Waals surface area contributed by atoms with E-state index in [0.717, 1.165) is 26.2 Å². The summed E-state index contributed by atoms with van der Waals surface area (Å²) in [6.45, 7) is 5.16. The Kier molecular flexibility index (Phi) is 5.62. The number of carbonyl (C=O) groups is 1. The van der Waals surface area contributed by atoms with Gasteiger partial charge < -0.3 is 20.2 Å². The lowest BCUT2D eigenvalue weighted by Crippen LogP contribution is -2.44. The number of rotatable bonds is 4. The van der Waals surface area contributed by atoms with Crippen LogP contribution in [0.5, 0.6) is 5.75 Å². The molecule has 0 atom stereocenters. The van der Waals surface area contributed by atoms with Gasteiger partial charge in [-0.1, -0.05) is 24.3 Å². The number of carbonyl (C=O) groups excluding carboxylic acids is 1. The summed E-state index contributed by atoms with van der Waals surface area (Å²) >= 11 is 0. The predicted octanol–water partition coefficient (Wildman–Crippen LogP) is 2.87. The molecule has 6 nitrogen and oxygen atoms in total. The first-order valence-corrected chi connectivity index (χ1v) is 8.84. The third kappa shape index (κ3) is 4.59. The highest BCUT2D eigenvalue weighted by Gasteiger charge is 2.18. The van der Waals surface area contributed by atoms with Gasteiger partial charge in [0, 0.05) is 38.1 Å². The van der Waals surface area contributed by atoms with Gasteiger partial charge in [0.15, 0.2) is 0 Å². The van der Waals surface area contributed by atoms with Crippen molar-refractivity contribution in [2.24, 2.45) is 0 Å².